The predicted molar refractivity (Wildman–Crippen MR) is 65.6 cm³/mol. The Morgan fingerprint density at radius 3 is 2.76 bits per heavy atom. The lowest BCUT2D eigenvalue weighted by Gasteiger charge is -2.08. The van der Waals surface area contributed by atoms with Crippen LogP contribution in [-0.2, 0) is 0 Å². The summed E-state index contributed by atoms with van der Waals surface area (Å²) in [4.78, 5) is 14.8. The number of unbranched alkanes of at least 4 members (excludes halogenated alkanes) is 2. The molecule has 3 N–H and O–H groups in total. The fourth-order valence-electron chi connectivity index (χ4n) is 1.36. The van der Waals surface area contributed by atoms with Crippen LogP contribution in [0.4, 0.5) is 5.82 Å². The molecule has 0 aliphatic heterocycles. The number of halogens is 1. The van der Waals surface area contributed by atoms with E-state index in [1.165, 1.54) is 12.1 Å². The number of carbonyl (C=O) groups is 1. The molecule has 1 heterocycles. The summed E-state index contributed by atoms with van der Waals surface area (Å²) in [5, 5.41) is 20.7. The van der Waals surface area contributed by atoms with E-state index < -0.39 is 5.97 Å². The minimum atomic E-state index is -1.04. The lowest BCUT2D eigenvalue weighted by atomic mass is 10.2. The van der Waals surface area contributed by atoms with Gasteiger partial charge in [0.1, 0.15) is 16.5 Å². The molecule has 0 amide bonds. The molecule has 1 rings (SSSR count). The van der Waals surface area contributed by atoms with E-state index in [9.17, 15) is 4.79 Å². The first-order valence-corrected chi connectivity index (χ1v) is 5.77. The standard InChI is InChI=1S/C11H15ClN2O3/c12-9-5-4-8(11(16)17)10(14-9)13-6-2-1-3-7-15/h4-5,15H,1-3,6-7H2,(H,13,14)(H,16,17). The highest BCUT2D eigenvalue weighted by molar-refractivity contribution is 6.29. The number of carboxylic acid groups (broad SMARTS) is 1. The number of rotatable bonds is 7. The molecule has 0 saturated heterocycles. The van der Waals surface area contributed by atoms with Gasteiger partial charge in [-0.3, -0.25) is 0 Å². The second kappa shape index (κ2) is 7.09. The van der Waals surface area contributed by atoms with Crippen LogP contribution in [-0.4, -0.2) is 34.3 Å². The van der Waals surface area contributed by atoms with Crippen molar-refractivity contribution in [3.05, 3.63) is 22.8 Å². The third-order valence-electron chi connectivity index (χ3n) is 2.22. The highest BCUT2D eigenvalue weighted by Crippen LogP contribution is 2.16. The van der Waals surface area contributed by atoms with Gasteiger partial charge < -0.3 is 15.5 Å². The molecule has 0 spiro atoms. The van der Waals surface area contributed by atoms with Crippen molar-refractivity contribution in [1.29, 1.82) is 0 Å². The number of aliphatic hydroxyl groups excluding tert-OH is 1. The number of nitrogens with zero attached hydrogens (tertiary/aromatic N) is 1. The summed E-state index contributed by atoms with van der Waals surface area (Å²) in [7, 11) is 0. The van der Waals surface area contributed by atoms with Crippen LogP contribution in [0.5, 0.6) is 0 Å². The third-order valence-corrected chi connectivity index (χ3v) is 2.43. The molecule has 94 valence electrons. The smallest absolute Gasteiger partial charge is 0.339 e. The van der Waals surface area contributed by atoms with Gasteiger partial charge in [0, 0.05) is 13.2 Å². The summed E-state index contributed by atoms with van der Waals surface area (Å²) in [5.74, 6) is -0.749. The molecular formula is C11H15ClN2O3. The van der Waals surface area contributed by atoms with Crippen molar-refractivity contribution in [2.24, 2.45) is 0 Å². The van der Waals surface area contributed by atoms with Crippen LogP contribution >= 0.6 is 11.6 Å². The van der Waals surface area contributed by atoms with Crippen molar-refractivity contribution in [2.75, 3.05) is 18.5 Å². The Balaban J connectivity index is 2.56. The minimum Gasteiger partial charge on any atom is -0.478 e. The molecule has 1 aromatic heterocycles. The Labute approximate surface area is 104 Å². The zero-order valence-electron chi connectivity index (χ0n) is 9.32. The zero-order valence-corrected chi connectivity index (χ0v) is 10.1. The van der Waals surface area contributed by atoms with E-state index in [0.717, 1.165) is 19.3 Å². The van der Waals surface area contributed by atoms with Gasteiger partial charge in [-0.15, -0.1) is 0 Å². The SMILES string of the molecule is O=C(O)c1ccc(Cl)nc1NCCCCCO. The van der Waals surface area contributed by atoms with E-state index in [0.29, 0.717) is 6.54 Å². The second-order valence-electron chi connectivity index (χ2n) is 3.55. The maximum absolute atomic E-state index is 10.9. The van der Waals surface area contributed by atoms with E-state index in [2.05, 4.69) is 10.3 Å². The number of hydrogen-bond acceptors (Lipinski definition) is 4. The molecule has 0 aromatic carbocycles. The highest BCUT2D eigenvalue weighted by Gasteiger charge is 2.11. The van der Waals surface area contributed by atoms with E-state index in [1.807, 2.05) is 0 Å². The molecule has 17 heavy (non-hydrogen) atoms. The Morgan fingerprint density at radius 1 is 1.35 bits per heavy atom. The van der Waals surface area contributed by atoms with E-state index in [-0.39, 0.29) is 23.1 Å². The average molecular weight is 259 g/mol. The van der Waals surface area contributed by atoms with E-state index in [1.54, 1.807) is 0 Å². The monoisotopic (exact) mass is 258 g/mol. The van der Waals surface area contributed by atoms with Gasteiger partial charge in [-0.25, -0.2) is 9.78 Å². The first-order valence-electron chi connectivity index (χ1n) is 5.39. The summed E-state index contributed by atoms with van der Waals surface area (Å²) in [6.07, 6.45) is 2.47. The van der Waals surface area contributed by atoms with Crippen LogP contribution in [0.1, 0.15) is 29.6 Å². The molecule has 6 heteroatoms. The maximum Gasteiger partial charge on any atom is 0.339 e. The van der Waals surface area contributed by atoms with Gasteiger partial charge in [0.15, 0.2) is 0 Å². The van der Waals surface area contributed by atoms with Gasteiger partial charge in [-0.05, 0) is 31.4 Å². The minimum absolute atomic E-state index is 0.108. The van der Waals surface area contributed by atoms with Crippen molar-refractivity contribution in [3.8, 4) is 0 Å². The van der Waals surface area contributed by atoms with Crippen LogP contribution in [0.2, 0.25) is 5.15 Å². The predicted octanol–water partition coefficient (Wildman–Crippen LogP) is 2.01. The summed E-state index contributed by atoms with van der Waals surface area (Å²) < 4.78 is 0. The van der Waals surface area contributed by atoms with Gasteiger partial charge in [-0.2, -0.15) is 0 Å². The molecule has 5 nitrogen and oxygen atoms in total. The number of carboxylic acids is 1. The van der Waals surface area contributed by atoms with Crippen molar-refractivity contribution in [3.63, 3.8) is 0 Å². The molecule has 0 radical (unpaired) electrons. The average Bonchev–Trinajstić information content (AvgIpc) is 2.28. The molecule has 0 atom stereocenters. The van der Waals surface area contributed by atoms with Gasteiger partial charge in [0.25, 0.3) is 0 Å². The van der Waals surface area contributed by atoms with Crippen molar-refractivity contribution >= 4 is 23.4 Å². The molecular weight excluding hydrogens is 244 g/mol. The third kappa shape index (κ3) is 4.58. The Kier molecular flexibility index (Phi) is 5.72. The second-order valence-corrected chi connectivity index (χ2v) is 3.93. The van der Waals surface area contributed by atoms with E-state index in [4.69, 9.17) is 21.8 Å². The van der Waals surface area contributed by atoms with Crippen LogP contribution in [0.25, 0.3) is 0 Å². The number of aromatic nitrogens is 1. The zero-order chi connectivity index (χ0) is 12.7. The maximum atomic E-state index is 10.9. The normalized spacial score (nSPS) is 10.2. The van der Waals surface area contributed by atoms with Gasteiger partial charge >= 0.3 is 5.97 Å². The van der Waals surface area contributed by atoms with Crippen LogP contribution in [0.3, 0.4) is 0 Å². The van der Waals surface area contributed by atoms with Crippen molar-refractivity contribution in [2.45, 2.75) is 19.3 Å². The lowest BCUT2D eigenvalue weighted by Crippen LogP contribution is -2.09. The number of aromatic carboxylic acids is 1. The van der Waals surface area contributed by atoms with Crippen molar-refractivity contribution < 1.29 is 15.0 Å². The first kappa shape index (κ1) is 13.7. The highest BCUT2D eigenvalue weighted by atomic mass is 35.5. The Hall–Kier alpha value is -1.33. The quantitative estimate of drug-likeness (QED) is 0.515. The Bertz CT molecular complexity index is 385. The first-order chi connectivity index (χ1) is 8.15. The van der Waals surface area contributed by atoms with Gasteiger partial charge in [-0.1, -0.05) is 11.6 Å². The molecule has 0 saturated carbocycles. The van der Waals surface area contributed by atoms with E-state index >= 15 is 0 Å². The van der Waals surface area contributed by atoms with Crippen molar-refractivity contribution in [1.82, 2.24) is 4.98 Å². The van der Waals surface area contributed by atoms with Crippen LogP contribution < -0.4 is 5.32 Å². The van der Waals surface area contributed by atoms with Crippen LogP contribution in [0.15, 0.2) is 12.1 Å². The fourth-order valence-corrected chi connectivity index (χ4v) is 1.51. The number of anilines is 1. The number of nitrogens with one attached hydrogen (secondary N) is 1. The molecule has 0 unspecified atom stereocenters. The summed E-state index contributed by atoms with van der Waals surface area (Å²) in [6.45, 7) is 0.781. The van der Waals surface area contributed by atoms with Gasteiger partial charge in [0.2, 0.25) is 0 Å². The number of pyridine rings is 1. The lowest BCUT2D eigenvalue weighted by molar-refractivity contribution is 0.0697. The molecule has 0 aliphatic rings. The molecule has 0 aliphatic carbocycles. The largest absolute Gasteiger partial charge is 0.478 e. The molecule has 1 aromatic rings. The Morgan fingerprint density at radius 2 is 2.12 bits per heavy atom. The summed E-state index contributed by atoms with van der Waals surface area (Å²) in [6, 6.07) is 2.87. The van der Waals surface area contributed by atoms with Gasteiger partial charge in [0.05, 0.1) is 0 Å². The molecule has 0 bridgehead atoms. The number of aliphatic hydroxyl groups is 1. The van der Waals surface area contributed by atoms with Crippen LogP contribution in [0, 0.1) is 0 Å². The topological polar surface area (TPSA) is 82.5 Å². The summed E-state index contributed by atoms with van der Waals surface area (Å²) >= 11 is 5.71. The summed E-state index contributed by atoms with van der Waals surface area (Å²) in [5.41, 5.74) is 0.108. The number of hydrogen-bond donors (Lipinski definition) is 3. The fraction of sp³-hybridized carbons (Fsp3) is 0.455. The molecule has 0 fully saturated rings.